The van der Waals surface area contributed by atoms with Crippen LogP contribution in [-0.4, -0.2) is 25.8 Å². The van der Waals surface area contributed by atoms with Crippen LogP contribution in [-0.2, 0) is 4.74 Å². The molecule has 0 amide bonds. The van der Waals surface area contributed by atoms with Crippen LogP contribution in [0.2, 0.25) is 0 Å². The van der Waals surface area contributed by atoms with Crippen molar-refractivity contribution >= 4 is 0 Å². The maximum absolute atomic E-state index is 13.6. The van der Waals surface area contributed by atoms with Crippen LogP contribution in [0.15, 0.2) is 24.3 Å². The first-order valence-electron chi connectivity index (χ1n) is 7.81. The Morgan fingerprint density at radius 1 is 1.40 bits per heavy atom. The summed E-state index contributed by atoms with van der Waals surface area (Å²) in [6.07, 6.45) is 4.84. The van der Waals surface area contributed by atoms with Gasteiger partial charge in [0.25, 0.3) is 0 Å². The Morgan fingerprint density at radius 3 is 3.10 bits per heavy atom. The lowest BCUT2D eigenvalue weighted by atomic mass is 9.62. The van der Waals surface area contributed by atoms with Crippen LogP contribution in [0.4, 0.5) is 4.39 Å². The minimum Gasteiger partial charge on any atom is -0.378 e. The molecule has 3 atom stereocenters. The summed E-state index contributed by atoms with van der Waals surface area (Å²) in [4.78, 5) is 0. The molecule has 0 aromatic heterocycles. The van der Waals surface area contributed by atoms with Crippen molar-refractivity contribution in [3.05, 3.63) is 35.6 Å². The Morgan fingerprint density at radius 2 is 2.30 bits per heavy atom. The Balaban J connectivity index is 1.90. The van der Waals surface area contributed by atoms with Gasteiger partial charge in [-0.25, -0.2) is 4.39 Å². The number of rotatable bonds is 2. The molecular formula is C17H24FNO. The zero-order valence-electron chi connectivity index (χ0n) is 12.2. The summed E-state index contributed by atoms with van der Waals surface area (Å²) in [5.74, 6) is 0.284. The standard InChI is InChI=1S/C17H24FNO/c1-2-15-11-17(7-9-20-15)6-8-19-12-16(17)13-4-3-5-14(18)10-13/h3-5,10,15-16,19H,2,6-9,11-12H2,1H3. The molecule has 1 N–H and O–H groups in total. The molecule has 2 aliphatic rings. The smallest absolute Gasteiger partial charge is 0.123 e. The molecule has 2 fully saturated rings. The van der Waals surface area contributed by atoms with E-state index in [4.69, 9.17) is 4.74 Å². The third kappa shape index (κ3) is 2.61. The van der Waals surface area contributed by atoms with E-state index in [0.717, 1.165) is 44.5 Å². The number of halogens is 1. The lowest BCUT2D eigenvalue weighted by Gasteiger charge is -2.49. The zero-order chi connectivity index (χ0) is 14.0. The Bertz CT molecular complexity index is 460. The van der Waals surface area contributed by atoms with Gasteiger partial charge in [-0.05, 0) is 55.3 Å². The quantitative estimate of drug-likeness (QED) is 0.893. The Labute approximate surface area is 120 Å². The molecule has 1 aromatic rings. The third-order valence-electron chi connectivity index (χ3n) is 5.18. The summed E-state index contributed by atoms with van der Waals surface area (Å²) in [6.45, 7) is 5.08. The van der Waals surface area contributed by atoms with Crippen LogP contribution in [0.3, 0.4) is 0 Å². The molecule has 0 aliphatic carbocycles. The molecule has 20 heavy (non-hydrogen) atoms. The molecule has 3 unspecified atom stereocenters. The van der Waals surface area contributed by atoms with E-state index in [2.05, 4.69) is 18.3 Å². The minimum absolute atomic E-state index is 0.123. The molecule has 3 rings (SSSR count). The maximum atomic E-state index is 13.6. The Hall–Kier alpha value is -0.930. The van der Waals surface area contributed by atoms with Gasteiger partial charge in [-0.15, -0.1) is 0 Å². The van der Waals surface area contributed by atoms with E-state index in [0.29, 0.717) is 12.0 Å². The summed E-state index contributed by atoms with van der Waals surface area (Å²) < 4.78 is 19.4. The van der Waals surface area contributed by atoms with Crippen molar-refractivity contribution in [2.75, 3.05) is 19.7 Å². The molecule has 3 heteroatoms. The van der Waals surface area contributed by atoms with Gasteiger partial charge in [0, 0.05) is 19.1 Å². The molecule has 1 aromatic carbocycles. The number of nitrogens with one attached hydrogen (secondary N) is 1. The van der Waals surface area contributed by atoms with Gasteiger partial charge in [-0.2, -0.15) is 0 Å². The summed E-state index contributed by atoms with van der Waals surface area (Å²) >= 11 is 0. The van der Waals surface area contributed by atoms with Crippen molar-refractivity contribution in [1.29, 1.82) is 0 Å². The molecule has 2 heterocycles. The normalized spacial score (nSPS) is 34.3. The molecule has 2 saturated heterocycles. The second-order valence-electron chi connectivity index (χ2n) is 6.28. The van der Waals surface area contributed by atoms with Gasteiger partial charge < -0.3 is 10.1 Å². The predicted molar refractivity (Wildman–Crippen MR) is 78.3 cm³/mol. The highest BCUT2D eigenvalue weighted by Crippen LogP contribution is 2.49. The number of piperidine rings is 1. The van der Waals surface area contributed by atoms with Gasteiger partial charge in [0.05, 0.1) is 6.10 Å². The maximum Gasteiger partial charge on any atom is 0.123 e. The number of hydrogen-bond donors (Lipinski definition) is 1. The third-order valence-corrected chi connectivity index (χ3v) is 5.18. The summed E-state index contributed by atoms with van der Waals surface area (Å²) in [5.41, 5.74) is 1.44. The van der Waals surface area contributed by atoms with Crippen LogP contribution in [0.5, 0.6) is 0 Å². The summed E-state index contributed by atoms with van der Waals surface area (Å²) in [5, 5.41) is 3.49. The second-order valence-corrected chi connectivity index (χ2v) is 6.28. The first-order chi connectivity index (χ1) is 9.73. The van der Waals surface area contributed by atoms with Crippen molar-refractivity contribution in [3.8, 4) is 0 Å². The van der Waals surface area contributed by atoms with Gasteiger partial charge in [0.2, 0.25) is 0 Å². The van der Waals surface area contributed by atoms with E-state index < -0.39 is 0 Å². The SMILES string of the molecule is CCC1CC2(CCNCC2c2cccc(F)c2)CCO1. The van der Waals surface area contributed by atoms with Gasteiger partial charge in [0.15, 0.2) is 0 Å². The van der Waals surface area contributed by atoms with E-state index >= 15 is 0 Å². The number of hydrogen-bond acceptors (Lipinski definition) is 2. The van der Waals surface area contributed by atoms with Crippen molar-refractivity contribution in [2.45, 2.75) is 44.6 Å². The highest BCUT2D eigenvalue weighted by Gasteiger charge is 2.44. The number of benzene rings is 1. The van der Waals surface area contributed by atoms with E-state index in [1.165, 1.54) is 12.5 Å². The van der Waals surface area contributed by atoms with Gasteiger partial charge in [0.1, 0.15) is 5.82 Å². The molecule has 0 radical (unpaired) electrons. The molecule has 2 nitrogen and oxygen atoms in total. The summed E-state index contributed by atoms with van der Waals surface area (Å²) in [7, 11) is 0. The van der Waals surface area contributed by atoms with E-state index in [1.54, 1.807) is 6.07 Å². The lowest BCUT2D eigenvalue weighted by Crippen LogP contribution is -2.48. The van der Waals surface area contributed by atoms with Gasteiger partial charge in [-0.3, -0.25) is 0 Å². The first-order valence-corrected chi connectivity index (χ1v) is 7.81. The van der Waals surface area contributed by atoms with Crippen molar-refractivity contribution < 1.29 is 9.13 Å². The molecule has 110 valence electrons. The highest BCUT2D eigenvalue weighted by molar-refractivity contribution is 5.25. The average molecular weight is 277 g/mol. The largest absolute Gasteiger partial charge is 0.378 e. The van der Waals surface area contributed by atoms with Crippen LogP contribution in [0, 0.1) is 11.2 Å². The highest BCUT2D eigenvalue weighted by atomic mass is 19.1. The fraction of sp³-hybridized carbons (Fsp3) is 0.647. The topological polar surface area (TPSA) is 21.3 Å². The van der Waals surface area contributed by atoms with Crippen molar-refractivity contribution in [3.63, 3.8) is 0 Å². The first kappa shape index (κ1) is 14.0. The summed E-state index contributed by atoms with van der Waals surface area (Å²) in [6, 6.07) is 7.17. The van der Waals surface area contributed by atoms with Crippen LogP contribution >= 0.6 is 0 Å². The lowest BCUT2D eigenvalue weighted by molar-refractivity contribution is -0.0690. The molecule has 1 spiro atoms. The molecule has 2 aliphatic heterocycles. The monoisotopic (exact) mass is 277 g/mol. The molecule has 0 saturated carbocycles. The zero-order valence-corrected chi connectivity index (χ0v) is 12.2. The second kappa shape index (κ2) is 5.82. The average Bonchev–Trinajstić information content (AvgIpc) is 2.48. The fourth-order valence-corrected chi connectivity index (χ4v) is 4.02. The Kier molecular flexibility index (Phi) is 4.08. The van der Waals surface area contributed by atoms with Crippen molar-refractivity contribution in [2.24, 2.45) is 5.41 Å². The number of ether oxygens (including phenoxy) is 1. The fourth-order valence-electron chi connectivity index (χ4n) is 4.02. The van der Waals surface area contributed by atoms with E-state index in [-0.39, 0.29) is 11.2 Å². The molecular weight excluding hydrogens is 253 g/mol. The van der Waals surface area contributed by atoms with Gasteiger partial charge in [-0.1, -0.05) is 19.1 Å². The predicted octanol–water partition coefficient (Wildman–Crippen LogP) is 3.48. The van der Waals surface area contributed by atoms with E-state index in [9.17, 15) is 4.39 Å². The molecule has 0 bridgehead atoms. The van der Waals surface area contributed by atoms with Crippen molar-refractivity contribution in [1.82, 2.24) is 5.32 Å². The van der Waals surface area contributed by atoms with Crippen LogP contribution < -0.4 is 5.32 Å². The van der Waals surface area contributed by atoms with Crippen LogP contribution in [0.25, 0.3) is 0 Å². The minimum atomic E-state index is -0.123. The van der Waals surface area contributed by atoms with Crippen LogP contribution in [0.1, 0.15) is 44.1 Å². The van der Waals surface area contributed by atoms with Gasteiger partial charge >= 0.3 is 0 Å². The van der Waals surface area contributed by atoms with E-state index in [1.807, 2.05) is 6.07 Å².